The highest BCUT2D eigenvalue weighted by Crippen LogP contribution is 2.18. The van der Waals surface area contributed by atoms with Crippen molar-refractivity contribution in [2.45, 2.75) is 25.8 Å². The Hall–Kier alpha value is -1.01. The van der Waals surface area contributed by atoms with E-state index >= 15 is 0 Å². The zero-order valence-corrected chi connectivity index (χ0v) is 14.4. The van der Waals surface area contributed by atoms with Crippen LogP contribution in [0.1, 0.15) is 18.4 Å². The molecule has 2 heterocycles. The van der Waals surface area contributed by atoms with Crippen molar-refractivity contribution in [3.8, 4) is 0 Å². The number of aryl methyl sites for hydroxylation is 1. The van der Waals surface area contributed by atoms with Crippen molar-refractivity contribution in [3.63, 3.8) is 0 Å². The van der Waals surface area contributed by atoms with Crippen molar-refractivity contribution in [1.82, 2.24) is 14.9 Å². The van der Waals surface area contributed by atoms with Crippen LogP contribution in [-0.4, -0.2) is 66.6 Å². The molecule has 1 aliphatic heterocycles. The fourth-order valence-corrected chi connectivity index (χ4v) is 3.10. The van der Waals surface area contributed by atoms with Crippen LogP contribution in [0.25, 0.3) is 0 Å². The number of piperidine rings is 1. The summed E-state index contributed by atoms with van der Waals surface area (Å²) in [5.41, 5.74) is 1.11. The molecule has 1 saturated heterocycles. The lowest BCUT2D eigenvalue weighted by atomic mass is 10.1. The van der Waals surface area contributed by atoms with Crippen molar-refractivity contribution >= 4 is 23.5 Å². The second-order valence-corrected chi connectivity index (χ2v) is 6.83. The van der Waals surface area contributed by atoms with Gasteiger partial charge >= 0.3 is 0 Å². The Morgan fingerprint density at radius 1 is 1.38 bits per heavy atom. The first-order chi connectivity index (χ1) is 10.1. The fourth-order valence-electron chi connectivity index (χ4n) is 2.66. The van der Waals surface area contributed by atoms with Gasteiger partial charge in [0, 0.05) is 57.3 Å². The third-order valence-electron chi connectivity index (χ3n) is 3.90. The number of hydrogen-bond donors (Lipinski definition) is 1. The summed E-state index contributed by atoms with van der Waals surface area (Å²) in [6.45, 7) is 5.60. The van der Waals surface area contributed by atoms with Gasteiger partial charge in [-0.2, -0.15) is 16.7 Å². The number of thioether (sulfide) groups is 1. The molecule has 1 aromatic rings. The van der Waals surface area contributed by atoms with E-state index in [-0.39, 0.29) is 0 Å². The van der Waals surface area contributed by atoms with Gasteiger partial charge in [-0.1, -0.05) is 0 Å². The molecule has 0 spiro atoms. The minimum atomic E-state index is 0.494. The van der Waals surface area contributed by atoms with Crippen molar-refractivity contribution in [2.24, 2.45) is 0 Å². The molecule has 0 atom stereocenters. The van der Waals surface area contributed by atoms with Crippen LogP contribution in [-0.2, 0) is 0 Å². The lowest BCUT2D eigenvalue weighted by Crippen LogP contribution is -2.40. The van der Waals surface area contributed by atoms with E-state index in [4.69, 9.17) is 0 Å². The van der Waals surface area contributed by atoms with E-state index in [1.54, 1.807) is 0 Å². The molecule has 118 valence electrons. The molecule has 1 fully saturated rings. The predicted octanol–water partition coefficient (Wildman–Crippen LogP) is 2.09. The first-order valence-electron chi connectivity index (χ1n) is 7.59. The molecule has 6 heteroatoms. The largest absolute Gasteiger partial charge is 0.362 e. The Morgan fingerprint density at radius 3 is 2.71 bits per heavy atom. The summed E-state index contributed by atoms with van der Waals surface area (Å²) in [5.74, 6) is 2.97. The zero-order valence-electron chi connectivity index (χ0n) is 13.6. The van der Waals surface area contributed by atoms with Gasteiger partial charge in [0.25, 0.3) is 0 Å². The summed E-state index contributed by atoms with van der Waals surface area (Å²) < 4.78 is 0. The van der Waals surface area contributed by atoms with Gasteiger partial charge < -0.3 is 15.1 Å². The summed E-state index contributed by atoms with van der Waals surface area (Å²) in [5, 5.41) is 3.50. The van der Waals surface area contributed by atoms with Crippen LogP contribution >= 0.6 is 11.8 Å². The van der Waals surface area contributed by atoms with Crippen molar-refractivity contribution in [2.75, 3.05) is 56.0 Å². The van der Waals surface area contributed by atoms with Gasteiger partial charge in [0.15, 0.2) is 0 Å². The third kappa shape index (κ3) is 4.74. The van der Waals surface area contributed by atoms with Gasteiger partial charge in [-0.25, -0.2) is 4.98 Å². The zero-order chi connectivity index (χ0) is 15.2. The molecule has 0 aliphatic carbocycles. The summed E-state index contributed by atoms with van der Waals surface area (Å²) in [4.78, 5) is 13.6. The second-order valence-electron chi connectivity index (χ2n) is 5.85. The maximum atomic E-state index is 4.62. The Bertz CT molecular complexity index is 444. The molecule has 0 radical (unpaired) electrons. The van der Waals surface area contributed by atoms with Crippen LogP contribution in [0.5, 0.6) is 0 Å². The fraction of sp³-hybridized carbons (Fsp3) is 0.733. The summed E-state index contributed by atoms with van der Waals surface area (Å²) in [6.07, 6.45) is 6.41. The SMILES string of the molecule is CSCCN1CCC(Nc2ncc(C)c(N(C)C)n2)CC1. The number of anilines is 2. The molecule has 0 amide bonds. The topological polar surface area (TPSA) is 44.3 Å². The first kappa shape index (κ1) is 16.4. The van der Waals surface area contributed by atoms with Crippen LogP contribution in [0.4, 0.5) is 11.8 Å². The molecule has 0 unspecified atom stereocenters. The third-order valence-corrected chi connectivity index (χ3v) is 4.49. The molecular formula is C15H27N5S. The number of nitrogens with zero attached hydrogens (tertiary/aromatic N) is 4. The number of nitrogens with one attached hydrogen (secondary N) is 1. The molecule has 21 heavy (non-hydrogen) atoms. The van der Waals surface area contributed by atoms with Gasteiger partial charge in [0.1, 0.15) is 5.82 Å². The molecule has 1 N–H and O–H groups in total. The molecular weight excluding hydrogens is 282 g/mol. The van der Waals surface area contributed by atoms with Gasteiger partial charge in [0.05, 0.1) is 0 Å². The van der Waals surface area contributed by atoms with Gasteiger partial charge in [-0.15, -0.1) is 0 Å². The van der Waals surface area contributed by atoms with Crippen molar-refractivity contribution in [1.29, 1.82) is 0 Å². The highest BCUT2D eigenvalue weighted by molar-refractivity contribution is 7.98. The Labute approximate surface area is 132 Å². The maximum Gasteiger partial charge on any atom is 0.224 e. The lowest BCUT2D eigenvalue weighted by Gasteiger charge is -2.32. The van der Waals surface area contributed by atoms with Crippen molar-refractivity contribution < 1.29 is 0 Å². The van der Waals surface area contributed by atoms with E-state index < -0.39 is 0 Å². The Balaban J connectivity index is 1.87. The molecule has 1 aliphatic rings. The van der Waals surface area contributed by atoms with Crippen LogP contribution in [0.2, 0.25) is 0 Å². The first-order valence-corrected chi connectivity index (χ1v) is 8.98. The highest BCUT2D eigenvalue weighted by Gasteiger charge is 2.19. The van der Waals surface area contributed by atoms with Crippen LogP contribution in [0, 0.1) is 6.92 Å². The quantitative estimate of drug-likeness (QED) is 0.868. The average molecular weight is 309 g/mol. The van der Waals surface area contributed by atoms with Gasteiger partial charge in [0.2, 0.25) is 5.95 Å². The van der Waals surface area contributed by atoms with E-state index in [2.05, 4.69) is 26.4 Å². The van der Waals surface area contributed by atoms with E-state index in [1.165, 1.54) is 38.2 Å². The number of likely N-dealkylation sites (tertiary alicyclic amines) is 1. The molecule has 5 nitrogen and oxygen atoms in total. The number of hydrogen-bond acceptors (Lipinski definition) is 6. The number of rotatable bonds is 6. The smallest absolute Gasteiger partial charge is 0.224 e. The summed E-state index contributed by atoms with van der Waals surface area (Å²) >= 11 is 1.92. The summed E-state index contributed by atoms with van der Waals surface area (Å²) in [6, 6.07) is 0.494. The maximum absolute atomic E-state index is 4.62. The molecule has 0 bridgehead atoms. The van der Waals surface area contributed by atoms with Gasteiger partial charge in [-0.05, 0) is 26.0 Å². The highest BCUT2D eigenvalue weighted by atomic mass is 32.2. The van der Waals surface area contributed by atoms with Crippen LogP contribution < -0.4 is 10.2 Å². The minimum absolute atomic E-state index is 0.494. The second kappa shape index (κ2) is 7.84. The minimum Gasteiger partial charge on any atom is -0.362 e. The van der Waals surface area contributed by atoms with Gasteiger partial charge in [-0.3, -0.25) is 0 Å². The number of aromatic nitrogens is 2. The van der Waals surface area contributed by atoms with Crippen LogP contribution in [0.3, 0.4) is 0 Å². The van der Waals surface area contributed by atoms with E-state index in [9.17, 15) is 0 Å². The molecule has 1 aromatic heterocycles. The molecule has 0 saturated carbocycles. The standard InChI is InChI=1S/C15H27N5S/c1-12-11-16-15(18-14(12)19(2)3)17-13-5-7-20(8-6-13)9-10-21-4/h11,13H,5-10H2,1-4H3,(H,16,17,18). The normalized spacial score (nSPS) is 17.0. The monoisotopic (exact) mass is 309 g/mol. The van der Waals surface area contributed by atoms with E-state index in [0.717, 1.165) is 17.3 Å². The average Bonchev–Trinajstić information content (AvgIpc) is 2.48. The van der Waals surface area contributed by atoms with Crippen molar-refractivity contribution in [3.05, 3.63) is 11.8 Å². The predicted molar refractivity (Wildman–Crippen MR) is 92.6 cm³/mol. The Morgan fingerprint density at radius 2 is 2.10 bits per heavy atom. The Kier molecular flexibility index (Phi) is 6.11. The lowest BCUT2D eigenvalue weighted by molar-refractivity contribution is 0.231. The molecule has 0 aromatic carbocycles. The van der Waals surface area contributed by atoms with E-state index in [1.807, 2.05) is 43.9 Å². The molecule has 2 rings (SSSR count). The van der Waals surface area contributed by atoms with E-state index in [0.29, 0.717) is 6.04 Å². The summed E-state index contributed by atoms with van der Waals surface area (Å²) in [7, 11) is 4.03. The van der Waals surface area contributed by atoms with Crippen LogP contribution in [0.15, 0.2) is 6.20 Å².